The summed E-state index contributed by atoms with van der Waals surface area (Å²) in [4.78, 5) is 0. The minimum absolute atomic E-state index is 0.00314. The third-order valence-electron chi connectivity index (χ3n) is 3.42. The molecule has 2 aromatic rings. The highest BCUT2D eigenvalue weighted by Crippen LogP contribution is 2.25. The molecule has 0 amide bonds. The number of benzene rings is 2. The highest BCUT2D eigenvalue weighted by molar-refractivity contribution is 5.38. The number of rotatable bonds is 8. The van der Waals surface area contributed by atoms with E-state index in [0.29, 0.717) is 6.61 Å². The van der Waals surface area contributed by atoms with Crippen molar-refractivity contribution in [3.05, 3.63) is 59.7 Å². The molecule has 0 bridgehead atoms. The van der Waals surface area contributed by atoms with E-state index in [4.69, 9.17) is 14.2 Å². The van der Waals surface area contributed by atoms with Crippen LogP contribution in [-0.4, -0.2) is 27.8 Å². The van der Waals surface area contributed by atoms with Crippen LogP contribution < -0.4 is 14.8 Å². The second-order valence-electron chi connectivity index (χ2n) is 4.99. The molecule has 118 valence electrons. The molecule has 0 aliphatic heterocycles. The van der Waals surface area contributed by atoms with Crippen molar-refractivity contribution in [3.8, 4) is 11.5 Å². The summed E-state index contributed by atoms with van der Waals surface area (Å²) in [5.74, 6) is 1.53. The van der Waals surface area contributed by atoms with Crippen molar-refractivity contribution in [3.63, 3.8) is 0 Å². The van der Waals surface area contributed by atoms with Gasteiger partial charge in [0.05, 0.1) is 26.9 Å². The summed E-state index contributed by atoms with van der Waals surface area (Å²) in [6, 6.07) is 16.0. The molecule has 0 aromatic heterocycles. The lowest BCUT2D eigenvalue weighted by Gasteiger charge is -2.18. The Labute approximate surface area is 132 Å². The molecule has 22 heavy (non-hydrogen) atoms. The zero-order valence-corrected chi connectivity index (χ0v) is 13.3. The first-order valence-corrected chi connectivity index (χ1v) is 7.30. The van der Waals surface area contributed by atoms with Gasteiger partial charge in [-0.05, 0) is 30.3 Å². The van der Waals surface area contributed by atoms with Crippen LogP contribution in [0.15, 0.2) is 48.5 Å². The van der Waals surface area contributed by atoms with E-state index < -0.39 is 0 Å². The van der Waals surface area contributed by atoms with Crippen LogP contribution in [0.4, 0.5) is 0 Å². The summed E-state index contributed by atoms with van der Waals surface area (Å²) in [6.07, 6.45) is 0.00314. The van der Waals surface area contributed by atoms with E-state index in [0.717, 1.165) is 29.2 Å². The number of nitrogens with one attached hydrogen (secondary N) is 1. The number of methoxy groups -OCH3 is 2. The monoisotopic (exact) mass is 301 g/mol. The Morgan fingerprint density at radius 1 is 0.955 bits per heavy atom. The van der Waals surface area contributed by atoms with Crippen molar-refractivity contribution in [2.45, 2.75) is 12.7 Å². The fraction of sp³-hybridized carbons (Fsp3) is 0.333. The highest BCUT2D eigenvalue weighted by Gasteiger charge is 2.11. The molecule has 1 unspecified atom stereocenters. The van der Waals surface area contributed by atoms with Crippen LogP contribution in [0.1, 0.15) is 17.2 Å². The van der Waals surface area contributed by atoms with E-state index in [1.807, 2.05) is 43.4 Å². The van der Waals surface area contributed by atoms with Crippen LogP contribution in [-0.2, 0) is 11.3 Å². The minimum Gasteiger partial charge on any atom is -0.497 e. The molecule has 0 aliphatic carbocycles. The standard InChI is InChI=1S/C18H23NO3/c1-19-12-18(15-7-5-4-6-8-15)22-13-14-9-16(20-2)11-17(10-14)21-3/h4-11,18-19H,12-13H2,1-3H3. The van der Waals surface area contributed by atoms with Gasteiger partial charge in [-0.1, -0.05) is 30.3 Å². The normalized spacial score (nSPS) is 12.0. The van der Waals surface area contributed by atoms with Gasteiger partial charge in [-0.2, -0.15) is 0 Å². The van der Waals surface area contributed by atoms with Crippen molar-refractivity contribution in [2.75, 3.05) is 27.8 Å². The van der Waals surface area contributed by atoms with E-state index in [1.165, 1.54) is 0 Å². The SMILES string of the molecule is CNCC(OCc1cc(OC)cc(OC)c1)c1ccccc1. The summed E-state index contributed by atoms with van der Waals surface area (Å²) in [5.41, 5.74) is 2.18. The molecule has 2 aromatic carbocycles. The van der Waals surface area contributed by atoms with Gasteiger partial charge in [0.15, 0.2) is 0 Å². The Morgan fingerprint density at radius 2 is 1.59 bits per heavy atom. The topological polar surface area (TPSA) is 39.7 Å². The van der Waals surface area contributed by atoms with Crippen LogP contribution in [0.3, 0.4) is 0 Å². The number of hydrogen-bond acceptors (Lipinski definition) is 4. The molecule has 1 atom stereocenters. The Balaban J connectivity index is 2.09. The third-order valence-corrected chi connectivity index (χ3v) is 3.42. The van der Waals surface area contributed by atoms with Crippen molar-refractivity contribution < 1.29 is 14.2 Å². The molecular weight excluding hydrogens is 278 g/mol. The van der Waals surface area contributed by atoms with Crippen LogP contribution in [0.5, 0.6) is 11.5 Å². The quantitative estimate of drug-likeness (QED) is 0.813. The summed E-state index contributed by atoms with van der Waals surface area (Å²) < 4.78 is 16.7. The molecule has 0 heterocycles. The van der Waals surface area contributed by atoms with Gasteiger partial charge in [0.25, 0.3) is 0 Å². The van der Waals surface area contributed by atoms with Crippen molar-refractivity contribution in [1.29, 1.82) is 0 Å². The van der Waals surface area contributed by atoms with E-state index in [2.05, 4.69) is 17.4 Å². The highest BCUT2D eigenvalue weighted by atomic mass is 16.5. The summed E-state index contributed by atoms with van der Waals surface area (Å²) in [5, 5.41) is 3.17. The van der Waals surface area contributed by atoms with Gasteiger partial charge in [0.1, 0.15) is 11.5 Å². The molecule has 0 aliphatic rings. The van der Waals surface area contributed by atoms with Gasteiger partial charge in [0, 0.05) is 12.6 Å². The zero-order chi connectivity index (χ0) is 15.8. The molecule has 2 rings (SSSR count). The second-order valence-corrected chi connectivity index (χ2v) is 4.99. The van der Waals surface area contributed by atoms with Crippen molar-refractivity contribution >= 4 is 0 Å². The largest absolute Gasteiger partial charge is 0.497 e. The Morgan fingerprint density at radius 3 is 2.14 bits per heavy atom. The number of ether oxygens (including phenoxy) is 3. The number of hydrogen-bond donors (Lipinski definition) is 1. The second kappa shape index (κ2) is 8.41. The van der Waals surface area contributed by atoms with E-state index in [9.17, 15) is 0 Å². The molecule has 1 N–H and O–H groups in total. The minimum atomic E-state index is 0.00314. The molecule has 0 fully saturated rings. The first kappa shape index (κ1) is 16.3. The molecule has 0 spiro atoms. The lowest BCUT2D eigenvalue weighted by Crippen LogP contribution is -2.19. The average molecular weight is 301 g/mol. The lowest BCUT2D eigenvalue weighted by molar-refractivity contribution is 0.0409. The van der Waals surface area contributed by atoms with E-state index in [1.54, 1.807) is 14.2 Å². The van der Waals surface area contributed by atoms with E-state index >= 15 is 0 Å². The lowest BCUT2D eigenvalue weighted by atomic mass is 10.1. The van der Waals surface area contributed by atoms with Crippen LogP contribution in [0, 0.1) is 0 Å². The summed E-state index contributed by atoms with van der Waals surface area (Å²) in [7, 11) is 5.22. The third kappa shape index (κ3) is 4.48. The first-order valence-electron chi connectivity index (χ1n) is 7.30. The molecule has 0 radical (unpaired) electrons. The molecule has 4 nitrogen and oxygen atoms in total. The Kier molecular flexibility index (Phi) is 6.25. The van der Waals surface area contributed by atoms with Crippen LogP contribution in [0.2, 0.25) is 0 Å². The molecule has 4 heteroatoms. The Hall–Kier alpha value is -2.04. The van der Waals surface area contributed by atoms with Gasteiger partial charge < -0.3 is 19.5 Å². The summed E-state index contributed by atoms with van der Waals surface area (Å²) >= 11 is 0. The van der Waals surface area contributed by atoms with Gasteiger partial charge in [-0.3, -0.25) is 0 Å². The smallest absolute Gasteiger partial charge is 0.122 e. The maximum absolute atomic E-state index is 6.08. The maximum Gasteiger partial charge on any atom is 0.122 e. The van der Waals surface area contributed by atoms with Gasteiger partial charge in [-0.25, -0.2) is 0 Å². The predicted octanol–water partition coefficient (Wildman–Crippen LogP) is 3.18. The summed E-state index contributed by atoms with van der Waals surface area (Å²) in [6.45, 7) is 1.25. The Bertz CT molecular complexity index is 550. The van der Waals surface area contributed by atoms with Gasteiger partial charge >= 0.3 is 0 Å². The molecule has 0 saturated heterocycles. The molecule has 0 saturated carbocycles. The van der Waals surface area contributed by atoms with Crippen LogP contribution in [0.25, 0.3) is 0 Å². The maximum atomic E-state index is 6.08. The number of likely N-dealkylation sites (N-methyl/N-ethyl adjacent to an activating group) is 1. The zero-order valence-electron chi connectivity index (χ0n) is 13.3. The predicted molar refractivity (Wildman–Crippen MR) is 87.4 cm³/mol. The van der Waals surface area contributed by atoms with Crippen LogP contribution >= 0.6 is 0 Å². The van der Waals surface area contributed by atoms with Gasteiger partial charge in [-0.15, -0.1) is 0 Å². The average Bonchev–Trinajstić information content (AvgIpc) is 2.59. The van der Waals surface area contributed by atoms with Gasteiger partial charge in [0.2, 0.25) is 0 Å². The fourth-order valence-electron chi connectivity index (χ4n) is 2.27. The molecular formula is C18H23NO3. The van der Waals surface area contributed by atoms with E-state index in [-0.39, 0.29) is 6.10 Å². The first-order chi connectivity index (χ1) is 10.8. The van der Waals surface area contributed by atoms with Crippen molar-refractivity contribution in [2.24, 2.45) is 0 Å². The fourth-order valence-corrected chi connectivity index (χ4v) is 2.27. The van der Waals surface area contributed by atoms with Crippen molar-refractivity contribution in [1.82, 2.24) is 5.32 Å².